The van der Waals surface area contributed by atoms with Gasteiger partial charge in [0.05, 0.1) is 27.2 Å². The maximum Gasteiger partial charge on any atom is 0.417 e. The van der Waals surface area contributed by atoms with E-state index < -0.39 is 11.7 Å². The Hall–Kier alpha value is -3.35. The third-order valence-corrected chi connectivity index (χ3v) is 6.19. The number of likely N-dealkylation sites (N-methyl/N-ethyl adjacent to an activating group) is 1. The first-order valence-electron chi connectivity index (χ1n) is 12.4. The van der Waals surface area contributed by atoms with E-state index in [4.69, 9.17) is 37.1 Å². The number of nitrogens with one attached hydrogen (secondary N) is 1. The van der Waals surface area contributed by atoms with Crippen LogP contribution in [0.3, 0.4) is 0 Å². The van der Waals surface area contributed by atoms with Crippen LogP contribution in [-0.4, -0.2) is 52.4 Å². The molecule has 1 N–H and O–H groups in total. The summed E-state index contributed by atoms with van der Waals surface area (Å²) >= 11 is 12.8. The van der Waals surface area contributed by atoms with Crippen LogP contribution in [0.25, 0.3) is 28.7 Å². The highest BCUT2D eigenvalue weighted by atomic mass is 35.5. The van der Waals surface area contributed by atoms with Gasteiger partial charge in [0.15, 0.2) is 0 Å². The molecule has 0 saturated heterocycles. The Kier molecular flexibility index (Phi) is 10.8. The Morgan fingerprint density at radius 2 is 1.82 bits per heavy atom. The molecule has 0 saturated carbocycles. The molecule has 0 radical (unpaired) electrons. The third kappa shape index (κ3) is 7.23. The number of pyridine rings is 1. The van der Waals surface area contributed by atoms with E-state index >= 15 is 0 Å². The molecule has 216 valence electrons. The van der Waals surface area contributed by atoms with Gasteiger partial charge in [-0.15, -0.1) is 10.2 Å². The van der Waals surface area contributed by atoms with Gasteiger partial charge < -0.3 is 23.6 Å². The highest BCUT2D eigenvalue weighted by molar-refractivity contribution is 6.36. The topological polar surface area (TPSA) is 104 Å². The van der Waals surface area contributed by atoms with Gasteiger partial charge in [-0.2, -0.15) is 13.2 Å². The molecule has 0 aliphatic heterocycles. The molecular weight excluding hydrogens is 574 g/mol. The summed E-state index contributed by atoms with van der Waals surface area (Å²) < 4.78 is 57.6. The van der Waals surface area contributed by atoms with E-state index in [-0.39, 0.29) is 52.5 Å². The van der Waals surface area contributed by atoms with Crippen LogP contribution in [0, 0.1) is 0 Å². The molecule has 3 heterocycles. The van der Waals surface area contributed by atoms with Crippen molar-refractivity contribution < 1.29 is 31.9 Å². The van der Waals surface area contributed by atoms with Crippen molar-refractivity contribution in [3.63, 3.8) is 0 Å². The first kappa shape index (κ1) is 31.2. The number of benzene rings is 1. The van der Waals surface area contributed by atoms with Crippen molar-refractivity contribution in [3.05, 3.63) is 51.8 Å². The second-order valence-corrected chi connectivity index (χ2v) is 9.07. The van der Waals surface area contributed by atoms with Crippen molar-refractivity contribution in [1.29, 1.82) is 0 Å². The number of alkyl halides is 3. The molecule has 4 rings (SSSR count). The molecule has 0 bridgehead atoms. The zero-order chi connectivity index (χ0) is 29.4. The summed E-state index contributed by atoms with van der Waals surface area (Å²) in [6, 6.07) is 3.81. The standard InChI is InChI=1S/C24H22Cl2F3N5O4.C2H6/c1-3-4-13-5-14(24(27,28)29)8-34-9-19(31-21(13)34)23-33-32-22(38-23)16-6-18(26)20(7-17(16)25)37-11-15(30-2)10-36-12-35;1-2/h5-9,12,15,30H,3-4,10-11H2,1-2H3;1-2H3. The Labute approximate surface area is 238 Å². The molecule has 0 aliphatic rings. The molecule has 9 nitrogen and oxygen atoms in total. The number of rotatable bonds is 11. The average molecular weight is 602 g/mol. The molecule has 40 heavy (non-hydrogen) atoms. The SMILES string of the molecule is CC.CCCc1cc(C(F)(F)F)cn2cc(-c3nnc(-c4cc(Cl)c(OCC(COC=O)NC)cc4Cl)o3)nc12. The summed E-state index contributed by atoms with van der Waals surface area (Å²) in [5.74, 6) is 0.322. The molecule has 1 aromatic carbocycles. The average Bonchev–Trinajstić information content (AvgIpc) is 3.59. The number of halogens is 5. The predicted molar refractivity (Wildman–Crippen MR) is 145 cm³/mol. The second-order valence-electron chi connectivity index (χ2n) is 8.26. The van der Waals surface area contributed by atoms with Gasteiger partial charge in [-0.05, 0) is 31.2 Å². The lowest BCUT2D eigenvalue weighted by Gasteiger charge is -2.17. The lowest BCUT2D eigenvalue weighted by Crippen LogP contribution is -2.36. The summed E-state index contributed by atoms with van der Waals surface area (Å²) in [5, 5.41) is 11.4. The highest BCUT2D eigenvalue weighted by Crippen LogP contribution is 2.37. The summed E-state index contributed by atoms with van der Waals surface area (Å²) in [6.45, 7) is 6.47. The number of hydrogen-bond acceptors (Lipinski definition) is 8. The Morgan fingerprint density at radius 1 is 1.10 bits per heavy atom. The first-order chi connectivity index (χ1) is 19.1. The highest BCUT2D eigenvalue weighted by Gasteiger charge is 2.32. The lowest BCUT2D eigenvalue weighted by molar-refractivity contribution is -0.138. The molecule has 0 amide bonds. The van der Waals surface area contributed by atoms with Crippen LogP contribution in [0.5, 0.6) is 5.75 Å². The number of carbonyl (C=O) groups excluding carboxylic acids is 1. The molecule has 1 atom stereocenters. The van der Waals surface area contributed by atoms with E-state index in [1.165, 1.54) is 22.7 Å². The molecule has 0 fully saturated rings. The molecule has 14 heteroatoms. The number of imidazole rings is 1. The van der Waals surface area contributed by atoms with E-state index in [2.05, 4.69) is 20.5 Å². The molecule has 1 unspecified atom stereocenters. The largest absolute Gasteiger partial charge is 0.490 e. The van der Waals surface area contributed by atoms with Gasteiger partial charge in [0.25, 0.3) is 12.4 Å². The quantitative estimate of drug-likeness (QED) is 0.194. The van der Waals surface area contributed by atoms with Crippen LogP contribution in [0.4, 0.5) is 13.2 Å². The molecule has 4 aromatic rings. The van der Waals surface area contributed by atoms with Crippen molar-refractivity contribution >= 4 is 35.3 Å². The summed E-state index contributed by atoms with van der Waals surface area (Å²) in [4.78, 5) is 14.8. The zero-order valence-corrected chi connectivity index (χ0v) is 23.7. The Morgan fingerprint density at radius 3 is 2.48 bits per heavy atom. The van der Waals surface area contributed by atoms with Crippen molar-refractivity contribution in [2.24, 2.45) is 0 Å². The third-order valence-electron chi connectivity index (χ3n) is 5.58. The first-order valence-corrected chi connectivity index (χ1v) is 13.2. The number of carbonyl (C=O) groups is 1. The number of fused-ring (bicyclic) bond motifs is 1. The fourth-order valence-corrected chi connectivity index (χ4v) is 4.13. The van der Waals surface area contributed by atoms with Crippen LogP contribution in [0.15, 0.2) is 35.0 Å². The van der Waals surface area contributed by atoms with Crippen molar-refractivity contribution in [3.8, 4) is 28.8 Å². The minimum Gasteiger partial charge on any atom is -0.490 e. The fourth-order valence-electron chi connectivity index (χ4n) is 3.68. The molecule has 0 aliphatic carbocycles. The van der Waals surface area contributed by atoms with Crippen LogP contribution >= 0.6 is 23.2 Å². The van der Waals surface area contributed by atoms with Crippen molar-refractivity contribution in [1.82, 2.24) is 24.9 Å². The summed E-state index contributed by atoms with van der Waals surface area (Å²) in [5.41, 5.74) is 0.586. The summed E-state index contributed by atoms with van der Waals surface area (Å²) in [7, 11) is 1.69. The van der Waals surface area contributed by atoms with Gasteiger partial charge in [-0.3, -0.25) is 4.79 Å². The van der Waals surface area contributed by atoms with E-state index in [1.807, 2.05) is 20.8 Å². The molecule has 0 spiro atoms. The van der Waals surface area contributed by atoms with Gasteiger partial charge in [0, 0.05) is 18.5 Å². The lowest BCUT2D eigenvalue weighted by atomic mass is 10.1. The van der Waals surface area contributed by atoms with Gasteiger partial charge in [0.2, 0.25) is 5.89 Å². The zero-order valence-electron chi connectivity index (χ0n) is 22.2. The minimum absolute atomic E-state index is 0.000683. The van der Waals surface area contributed by atoms with Gasteiger partial charge >= 0.3 is 6.18 Å². The van der Waals surface area contributed by atoms with E-state index in [0.29, 0.717) is 36.1 Å². The van der Waals surface area contributed by atoms with Gasteiger partial charge in [-0.1, -0.05) is 50.4 Å². The smallest absolute Gasteiger partial charge is 0.417 e. The van der Waals surface area contributed by atoms with Crippen LogP contribution in [-0.2, 0) is 22.1 Å². The fraction of sp³-hybridized carbons (Fsp3) is 0.385. The van der Waals surface area contributed by atoms with Crippen LogP contribution in [0.1, 0.15) is 38.3 Å². The van der Waals surface area contributed by atoms with E-state index in [9.17, 15) is 18.0 Å². The monoisotopic (exact) mass is 601 g/mol. The number of nitrogens with zero attached hydrogens (tertiary/aromatic N) is 4. The van der Waals surface area contributed by atoms with Crippen molar-refractivity contribution in [2.45, 2.75) is 45.8 Å². The van der Waals surface area contributed by atoms with E-state index in [0.717, 1.165) is 12.3 Å². The summed E-state index contributed by atoms with van der Waals surface area (Å²) in [6.07, 6.45) is -1.06. The Balaban J connectivity index is 0.00000216. The van der Waals surface area contributed by atoms with Gasteiger partial charge in [0.1, 0.15) is 30.3 Å². The molecular formula is C26H28Cl2F3N5O4. The van der Waals surface area contributed by atoms with Crippen molar-refractivity contribution in [2.75, 3.05) is 20.3 Å². The number of hydrogen-bond donors (Lipinski definition) is 1. The van der Waals surface area contributed by atoms with E-state index in [1.54, 1.807) is 7.05 Å². The maximum atomic E-state index is 13.4. The Bertz CT molecular complexity index is 1440. The molecule has 3 aromatic heterocycles. The minimum atomic E-state index is -4.50. The number of ether oxygens (including phenoxy) is 2. The number of aryl methyl sites for hydroxylation is 1. The van der Waals surface area contributed by atoms with Crippen LogP contribution < -0.4 is 10.1 Å². The normalized spacial score (nSPS) is 12.1. The number of aromatic nitrogens is 4. The van der Waals surface area contributed by atoms with Gasteiger partial charge in [-0.25, -0.2) is 4.98 Å². The maximum absolute atomic E-state index is 13.4. The predicted octanol–water partition coefficient (Wildman–Crippen LogP) is 6.50. The second kappa shape index (κ2) is 13.8. The van der Waals surface area contributed by atoms with Crippen LogP contribution in [0.2, 0.25) is 10.0 Å².